The Hall–Kier alpha value is -2.48. The summed E-state index contributed by atoms with van der Waals surface area (Å²) in [4.78, 5) is 17.3. The van der Waals surface area contributed by atoms with Crippen molar-refractivity contribution in [2.24, 2.45) is 0 Å². The van der Waals surface area contributed by atoms with Crippen LogP contribution in [0.15, 0.2) is 42.5 Å². The van der Waals surface area contributed by atoms with E-state index in [1.165, 1.54) is 0 Å². The molecule has 0 spiro atoms. The fourth-order valence-corrected chi connectivity index (χ4v) is 3.08. The van der Waals surface area contributed by atoms with E-state index in [1.807, 2.05) is 37.3 Å². The third-order valence-corrected chi connectivity index (χ3v) is 3.93. The van der Waals surface area contributed by atoms with Crippen molar-refractivity contribution < 1.29 is 4.79 Å². The van der Waals surface area contributed by atoms with Gasteiger partial charge in [-0.3, -0.25) is 4.79 Å². The average Bonchev–Trinajstić information content (AvgIpc) is 2.70. The minimum atomic E-state index is 0.103. The van der Waals surface area contributed by atoms with Crippen LogP contribution in [0.5, 0.6) is 0 Å². The highest BCUT2D eigenvalue weighted by atomic mass is 16.1. The predicted molar refractivity (Wildman–Crippen MR) is 80.1 cm³/mol. The molecule has 1 heterocycles. The second kappa shape index (κ2) is 3.76. The summed E-state index contributed by atoms with van der Waals surface area (Å²) in [6.07, 6.45) is 0. The van der Waals surface area contributed by atoms with Crippen molar-refractivity contribution >= 4 is 16.7 Å². The molecule has 1 aliphatic carbocycles. The van der Waals surface area contributed by atoms with Gasteiger partial charge in [0.2, 0.25) is 0 Å². The second-order valence-electron chi connectivity index (χ2n) is 5.41. The highest BCUT2D eigenvalue weighted by Gasteiger charge is 2.30. The van der Waals surface area contributed by atoms with Crippen LogP contribution in [-0.4, -0.2) is 10.8 Å². The molecule has 0 N–H and O–H groups in total. The topological polar surface area (TPSA) is 30.0 Å². The van der Waals surface area contributed by atoms with E-state index in [0.29, 0.717) is 0 Å². The third-order valence-electron chi connectivity index (χ3n) is 3.93. The number of pyridine rings is 1. The summed E-state index contributed by atoms with van der Waals surface area (Å²) >= 11 is 0. The molecule has 0 unspecified atom stereocenters. The lowest BCUT2D eigenvalue weighted by Gasteiger charge is -2.04. The van der Waals surface area contributed by atoms with E-state index in [2.05, 4.69) is 19.1 Å². The van der Waals surface area contributed by atoms with Crippen LogP contribution < -0.4 is 0 Å². The first-order chi connectivity index (χ1) is 9.65. The number of hydrogen-bond acceptors (Lipinski definition) is 2. The van der Waals surface area contributed by atoms with Gasteiger partial charge in [-0.25, -0.2) is 4.98 Å². The Morgan fingerprint density at radius 2 is 1.75 bits per heavy atom. The molecule has 1 aliphatic rings. The van der Waals surface area contributed by atoms with Crippen molar-refractivity contribution in [3.8, 4) is 11.3 Å². The zero-order valence-electron chi connectivity index (χ0n) is 11.4. The number of fused-ring (bicyclic) bond motifs is 4. The van der Waals surface area contributed by atoms with Crippen LogP contribution in [0.2, 0.25) is 0 Å². The van der Waals surface area contributed by atoms with Gasteiger partial charge >= 0.3 is 0 Å². The number of carbonyl (C=O) groups is 1. The lowest BCUT2D eigenvalue weighted by molar-refractivity contribution is 0.104. The molecule has 1 aromatic heterocycles. The maximum absolute atomic E-state index is 12.6. The van der Waals surface area contributed by atoms with Crippen molar-refractivity contribution in [2.45, 2.75) is 13.8 Å². The Kier molecular flexibility index (Phi) is 2.14. The first-order valence-corrected chi connectivity index (χ1v) is 6.71. The van der Waals surface area contributed by atoms with E-state index in [-0.39, 0.29) is 5.78 Å². The minimum absolute atomic E-state index is 0.103. The van der Waals surface area contributed by atoms with Gasteiger partial charge in [0.15, 0.2) is 5.78 Å². The summed E-state index contributed by atoms with van der Waals surface area (Å²) in [5.74, 6) is 0.103. The van der Waals surface area contributed by atoms with Gasteiger partial charge in [0.05, 0.1) is 11.2 Å². The molecule has 96 valence electrons. The first kappa shape index (κ1) is 11.4. The number of rotatable bonds is 0. The van der Waals surface area contributed by atoms with Crippen molar-refractivity contribution in [1.82, 2.24) is 4.98 Å². The average molecular weight is 259 g/mol. The highest BCUT2D eigenvalue weighted by molar-refractivity contribution is 6.22. The maximum atomic E-state index is 12.6. The molecule has 0 saturated heterocycles. The number of benzene rings is 2. The van der Waals surface area contributed by atoms with Crippen molar-refractivity contribution in [3.05, 3.63) is 64.7 Å². The molecule has 20 heavy (non-hydrogen) atoms. The Bertz CT molecular complexity index is 893. The molecule has 2 aromatic carbocycles. The summed E-state index contributed by atoms with van der Waals surface area (Å²) in [6, 6.07) is 14.0. The monoisotopic (exact) mass is 259 g/mol. The zero-order chi connectivity index (χ0) is 13.9. The smallest absolute Gasteiger partial charge is 0.196 e. The summed E-state index contributed by atoms with van der Waals surface area (Å²) < 4.78 is 0. The Morgan fingerprint density at radius 1 is 0.950 bits per heavy atom. The fourth-order valence-electron chi connectivity index (χ4n) is 3.08. The summed E-state index contributed by atoms with van der Waals surface area (Å²) in [5.41, 5.74) is 6.49. The van der Waals surface area contributed by atoms with Crippen LogP contribution in [0, 0.1) is 13.8 Å². The number of ketones is 1. The number of carbonyl (C=O) groups excluding carboxylic acids is 1. The molecule has 0 saturated carbocycles. The van der Waals surface area contributed by atoms with Crippen molar-refractivity contribution in [1.29, 1.82) is 0 Å². The highest BCUT2D eigenvalue weighted by Crippen LogP contribution is 2.38. The van der Waals surface area contributed by atoms with Gasteiger partial charge in [0, 0.05) is 22.1 Å². The number of aryl methyl sites for hydroxylation is 2. The van der Waals surface area contributed by atoms with Gasteiger partial charge in [-0.1, -0.05) is 29.8 Å². The van der Waals surface area contributed by atoms with Crippen LogP contribution in [-0.2, 0) is 0 Å². The predicted octanol–water partition coefficient (Wildman–Crippen LogP) is 4.06. The van der Waals surface area contributed by atoms with Gasteiger partial charge in [-0.2, -0.15) is 0 Å². The van der Waals surface area contributed by atoms with E-state index in [0.717, 1.165) is 44.4 Å². The molecule has 2 heteroatoms. The Labute approximate surface area is 117 Å². The third kappa shape index (κ3) is 1.39. The lowest BCUT2D eigenvalue weighted by atomic mass is 10.00. The van der Waals surface area contributed by atoms with E-state index in [4.69, 9.17) is 4.98 Å². The Balaban J connectivity index is 2.13. The molecule has 0 atom stereocenters. The minimum Gasteiger partial charge on any atom is -0.288 e. The van der Waals surface area contributed by atoms with Gasteiger partial charge in [-0.05, 0) is 37.6 Å². The van der Waals surface area contributed by atoms with Gasteiger partial charge < -0.3 is 0 Å². The van der Waals surface area contributed by atoms with Crippen molar-refractivity contribution in [2.75, 3.05) is 0 Å². The molecule has 0 aliphatic heterocycles. The van der Waals surface area contributed by atoms with E-state index < -0.39 is 0 Å². The molecular formula is C18H13NO. The largest absolute Gasteiger partial charge is 0.288 e. The number of nitrogens with zero attached hydrogens (tertiary/aromatic N) is 1. The Morgan fingerprint density at radius 3 is 2.60 bits per heavy atom. The summed E-state index contributed by atoms with van der Waals surface area (Å²) in [6.45, 7) is 4.05. The first-order valence-electron chi connectivity index (χ1n) is 6.71. The molecular weight excluding hydrogens is 246 g/mol. The number of para-hydroxylation sites is 1. The molecule has 0 amide bonds. The molecule has 0 bridgehead atoms. The standard InChI is InChI=1S/C18H13NO/c1-10-7-11(2)16-13(8-10)17-14(18(16)20)9-12-5-3-4-6-15(12)19-17/h3-9H,1-2H3. The molecule has 0 fully saturated rings. The molecule has 2 nitrogen and oxygen atoms in total. The van der Waals surface area contributed by atoms with E-state index in [1.54, 1.807) is 0 Å². The number of aromatic nitrogens is 1. The van der Waals surface area contributed by atoms with Crippen LogP contribution in [0.4, 0.5) is 0 Å². The van der Waals surface area contributed by atoms with Crippen molar-refractivity contribution in [3.63, 3.8) is 0 Å². The van der Waals surface area contributed by atoms with Gasteiger partial charge in [0.25, 0.3) is 0 Å². The van der Waals surface area contributed by atoms with E-state index in [9.17, 15) is 4.79 Å². The van der Waals surface area contributed by atoms with Crippen LogP contribution >= 0.6 is 0 Å². The molecule has 4 rings (SSSR count). The summed E-state index contributed by atoms with van der Waals surface area (Å²) in [7, 11) is 0. The fraction of sp³-hybridized carbons (Fsp3) is 0.111. The van der Waals surface area contributed by atoms with Crippen LogP contribution in [0.3, 0.4) is 0 Å². The van der Waals surface area contributed by atoms with E-state index >= 15 is 0 Å². The quantitative estimate of drug-likeness (QED) is 0.476. The summed E-state index contributed by atoms with van der Waals surface area (Å²) in [5, 5.41) is 1.02. The normalized spacial score (nSPS) is 12.6. The molecule has 0 radical (unpaired) electrons. The van der Waals surface area contributed by atoms with Crippen LogP contribution in [0.25, 0.3) is 22.2 Å². The zero-order valence-corrected chi connectivity index (χ0v) is 11.4. The molecule has 3 aromatic rings. The number of hydrogen-bond donors (Lipinski definition) is 0. The van der Waals surface area contributed by atoms with Gasteiger partial charge in [-0.15, -0.1) is 0 Å². The SMILES string of the molecule is Cc1cc(C)c2c(c1)-c1nc3ccccc3cc1C2=O. The second-order valence-corrected chi connectivity index (χ2v) is 5.41. The van der Waals surface area contributed by atoms with Gasteiger partial charge in [0.1, 0.15) is 0 Å². The maximum Gasteiger partial charge on any atom is 0.196 e. The van der Waals surface area contributed by atoms with Crippen LogP contribution in [0.1, 0.15) is 27.0 Å². The lowest BCUT2D eigenvalue weighted by Crippen LogP contribution is -1.98.